The van der Waals surface area contributed by atoms with Crippen LogP contribution >= 0.6 is 24.0 Å². The fourth-order valence-electron chi connectivity index (χ4n) is 2.55. The van der Waals surface area contributed by atoms with Gasteiger partial charge in [-0.3, -0.25) is 0 Å². The van der Waals surface area contributed by atoms with E-state index in [0.29, 0.717) is 23.2 Å². The van der Waals surface area contributed by atoms with Gasteiger partial charge in [0.1, 0.15) is 6.10 Å². The first-order valence-electron chi connectivity index (χ1n) is 7.35. The van der Waals surface area contributed by atoms with E-state index in [1.54, 1.807) is 24.3 Å². The summed E-state index contributed by atoms with van der Waals surface area (Å²) >= 11 is 5.98. The number of hydrogen-bond acceptors (Lipinski definition) is 3. The van der Waals surface area contributed by atoms with E-state index in [1.165, 1.54) is 32.1 Å². The largest absolute Gasteiger partial charge is 0.458 e. The zero-order chi connectivity index (χ0) is 14.4. The molecule has 0 aromatic heterocycles. The average Bonchev–Trinajstić information content (AvgIpc) is 2.46. The van der Waals surface area contributed by atoms with E-state index in [9.17, 15) is 4.79 Å². The quantitative estimate of drug-likeness (QED) is 0.820. The van der Waals surface area contributed by atoms with Gasteiger partial charge < -0.3 is 10.1 Å². The van der Waals surface area contributed by atoms with Crippen LogP contribution in [0.5, 0.6) is 0 Å². The maximum absolute atomic E-state index is 12.0. The van der Waals surface area contributed by atoms with Crippen LogP contribution in [-0.4, -0.2) is 24.7 Å². The van der Waals surface area contributed by atoms with E-state index in [4.69, 9.17) is 16.3 Å². The lowest BCUT2D eigenvalue weighted by Crippen LogP contribution is -2.37. The molecule has 5 heteroatoms. The van der Waals surface area contributed by atoms with Crippen molar-refractivity contribution >= 4 is 30.0 Å². The van der Waals surface area contributed by atoms with Crippen molar-refractivity contribution < 1.29 is 9.53 Å². The van der Waals surface area contributed by atoms with Crippen LogP contribution in [0.25, 0.3) is 0 Å². The van der Waals surface area contributed by atoms with Crippen LogP contribution in [0, 0.1) is 0 Å². The van der Waals surface area contributed by atoms with Gasteiger partial charge in [-0.15, -0.1) is 12.4 Å². The predicted molar refractivity (Wildman–Crippen MR) is 88.5 cm³/mol. The molecule has 118 valence electrons. The lowest BCUT2D eigenvalue weighted by molar-refractivity contribution is 0.0334. The number of carbonyl (C=O) groups is 1. The minimum Gasteiger partial charge on any atom is -0.458 e. The zero-order valence-corrected chi connectivity index (χ0v) is 13.9. The van der Waals surface area contributed by atoms with E-state index in [0.717, 1.165) is 0 Å². The van der Waals surface area contributed by atoms with Gasteiger partial charge in [-0.25, -0.2) is 4.79 Å². The van der Waals surface area contributed by atoms with Crippen molar-refractivity contribution in [3.05, 3.63) is 34.9 Å². The third-order valence-corrected chi connectivity index (χ3v) is 4.03. The molecule has 0 bridgehead atoms. The number of nitrogens with one attached hydrogen (secondary N) is 1. The van der Waals surface area contributed by atoms with Gasteiger partial charge in [0.25, 0.3) is 0 Å². The van der Waals surface area contributed by atoms with Gasteiger partial charge in [-0.05, 0) is 31.9 Å². The summed E-state index contributed by atoms with van der Waals surface area (Å²) in [5.41, 5.74) is 0.429. The SMILES string of the molecule is CC(CNC1CCCCC1)OC(=O)c1ccccc1Cl.Cl. The standard InChI is InChI=1S/C16H22ClNO2.ClH/c1-12(11-18-13-7-3-2-4-8-13)20-16(19)14-9-5-6-10-15(14)17;/h5-6,9-10,12-13,18H,2-4,7-8,11H2,1H3;1H. The first kappa shape index (κ1) is 18.3. The molecule has 2 rings (SSSR count). The number of halogens is 2. The van der Waals surface area contributed by atoms with Crippen molar-refractivity contribution in [2.75, 3.05) is 6.54 Å². The Morgan fingerprint density at radius 3 is 2.67 bits per heavy atom. The molecule has 1 saturated carbocycles. The van der Waals surface area contributed by atoms with Crippen LogP contribution < -0.4 is 5.32 Å². The summed E-state index contributed by atoms with van der Waals surface area (Å²) < 4.78 is 5.42. The molecule has 0 spiro atoms. The summed E-state index contributed by atoms with van der Waals surface area (Å²) in [4.78, 5) is 12.0. The van der Waals surface area contributed by atoms with Crippen molar-refractivity contribution in [2.45, 2.75) is 51.2 Å². The highest BCUT2D eigenvalue weighted by Gasteiger charge is 2.17. The van der Waals surface area contributed by atoms with Gasteiger partial charge in [0.2, 0.25) is 0 Å². The molecule has 1 fully saturated rings. The summed E-state index contributed by atoms with van der Waals surface area (Å²) in [7, 11) is 0. The molecule has 1 aliphatic carbocycles. The molecular weight excluding hydrogens is 309 g/mol. The number of hydrogen-bond donors (Lipinski definition) is 1. The molecule has 1 unspecified atom stereocenters. The van der Waals surface area contributed by atoms with Crippen molar-refractivity contribution in [3.63, 3.8) is 0 Å². The molecule has 1 atom stereocenters. The van der Waals surface area contributed by atoms with Gasteiger partial charge in [0.15, 0.2) is 0 Å². The van der Waals surface area contributed by atoms with Crippen molar-refractivity contribution in [1.29, 1.82) is 0 Å². The molecule has 3 nitrogen and oxygen atoms in total. The van der Waals surface area contributed by atoms with Gasteiger partial charge >= 0.3 is 5.97 Å². The molecule has 1 aliphatic rings. The van der Waals surface area contributed by atoms with E-state index >= 15 is 0 Å². The Morgan fingerprint density at radius 1 is 1.33 bits per heavy atom. The second kappa shape index (κ2) is 9.29. The Bertz CT molecular complexity index is 448. The van der Waals surface area contributed by atoms with Gasteiger partial charge in [0, 0.05) is 12.6 Å². The smallest absolute Gasteiger partial charge is 0.339 e. The minimum absolute atomic E-state index is 0. The Labute approximate surface area is 137 Å². The monoisotopic (exact) mass is 331 g/mol. The van der Waals surface area contributed by atoms with E-state index < -0.39 is 0 Å². The highest BCUT2D eigenvalue weighted by Crippen LogP contribution is 2.18. The fraction of sp³-hybridized carbons (Fsp3) is 0.562. The summed E-state index contributed by atoms with van der Waals surface area (Å²) in [6.45, 7) is 2.60. The van der Waals surface area contributed by atoms with E-state index in [-0.39, 0.29) is 24.5 Å². The summed E-state index contributed by atoms with van der Waals surface area (Å²) in [6.07, 6.45) is 6.24. The molecule has 1 aromatic carbocycles. The van der Waals surface area contributed by atoms with Crippen LogP contribution in [0.1, 0.15) is 49.4 Å². The number of benzene rings is 1. The Kier molecular flexibility index (Phi) is 8.09. The molecule has 0 radical (unpaired) electrons. The van der Waals surface area contributed by atoms with Crippen LogP contribution in [-0.2, 0) is 4.74 Å². The molecule has 0 amide bonds. The Balaban J connectivity index is 0.00000220. The Morgan fingerprint density at radius 2 is 2.00 bits per heavy atom. The second-order valence-corrected chi connectivity index (χ2v) is 5.85. The van der Waals surface area contributed by atoms with Crippen molar-refractivity contribution in [2.24, 2.45) is 0 Å². The highest BCUT2D eigenvalue weighted by molar-refractivity contribution is 6.33. The molecule has 1 aromatic rings. The lowest BCUT2D eigenvalue weighted by Gasteiger charge is -2.24. The second-order valence-electron chi connectivity index (χ2n) is 5.44. The minimum atomic E-state index is -0.353. The number of carbonyl (C=O) groups excluding carboxylic acids is 1. The molecule has 21 heavy (non-hydrogen) atoms. The molecule has 0 heterocycles. The number of rotatable bonds is 5. The average molecular weight is 332 g/mol. The first-order chi connectivity index (χ1) is 9.66. The number of esters is 1. The number of ether oxygens (including phenoxy) is 1. The molecule has 1 N–H and O–H groups in total. The van der Waals surface area contributed by atoms with Gasteiger partial charge in [-0.2, -0.15) is 0 Å². The fourth-order valence-corrected chi connectivity index (χ4v) is 2.77. The Hall–Kier alpha value is -0.770. The lowest BCUT2D eigenvalue weighted by atomic mass is 9.95. The predicted octanol–water partition coefficient (Wildman–Crippen LogP) is 4.23. The molecular formula is C16H23Cl2NO2. The normalized spacial score (nSPS) is 16.9. The molecule has 0 aliphatic heterocycles. The van der Waals surface area contributed by atoms with Gasteiger partial charge in [0.05, 0.1) is 10.6 Å². The first-order valence-corrected chi connectivity index (χ1v) is 7.73. The third kappa shape index (κ3) is 5.85. The third-order valence-electron chi connectivity index (χ3n) is 3.70. The van der Waals surface area contributed by atoms with Crippen molar-refractivity contribution in [3.8, 4) is 0 Å². The summed E-state index contributed by atoms with van der Waals surface area (Å²) in [6, 6.07) is 7.54. The summed E-state index contributed by atoms with van der Waals surface area (Å²) in [5.74, 6) is -0.353. The van der Waals surface area contributed by atoms with E-state index in [2.05, 4.69) is 5.32 Å². The van der Waals surface area contributed by atoms with E-state index in [1.807, 2.05) is 6.92 Å². The topological polar surface area (TPSA) is 38.3 Å². The van der Waals surface area contributed by atoms with Gasteiger partial charge in [-0.1, -0.05) is 43.0 Å². The van der Waals surface area contributed by atoms with Crippen LogP contribution in [0.4, 0.5) is 0 Å². The van der Waals surface area contributed by atoms with Crippen molar-refractivity contribution in [1.82, 2.24) is 5.32 Å². The maximum atomic E-state index is 12.0. The van der Waals surface area contributed by atoms with Crippen LogP contribution in [0.3, 0.4) is 0 Å². The van der Waals surface area contributed by atoms with Crippen LogP contribution in [0.15, 0.2) is 24.3 Å². The van der Waals surface area contributed by atoms with Crippen LogP contribution in [0.2, 0.25) is 5.02 Å². The highest BCUT2D eigenvalue weighted by atomic mass is 35.5. The maximum Gasteiger partial charge on any atom is 0.339 e. The summed E-state index contributed by atoms with van der Waals surface area (Å²) in [5, 5.41) is 3.92. The molecule has 0 saturated heterocycles. The zero-order valence-electron chi connectivity index (χ0n) is 12.3.